The van der Waals surface area contributed by atoms with Gasteiger partial charge in [0.2, 0.25) is 0 Å². The molecule has 20 heavy (non-hydrogen) atoms. The van der Waals surface area contributed by atoms with Crippen molar-refractivity contribution in [1.82, 2.24) is 0 Å². The molecule has 0 aliphatic carbocycles. The van der Waals surface area contributed by atoms with Crippen molar-refractivity contribution in [3.63, 3.8) is 0 Å². The Morgan fingerprint density at radius 2 is 1.90 bits per heavy atom. The van der Waals surface area contributed by atoms with Crippen molar-refractivity contribution in [2.45, 2.75) is 6.36 Å². The van der Waals surface area contributed by atoms with Gasteiger partial charge in [-0.2, -0.15) is 0 Å². The summed E-state index contributed by atoms with van der Waals surface area (Å²) >= 11 is 1.46. The van der Waals surface area contributed by atoms with E-state index in [0.29, 0.717) is 5.39 Å². The van der Waals surface area contributed by atoms with Crippen molar-refractivity contribution >= 4 is 39.7 Å². The second-order valence-corrected chi connectivity index (χ2v) is 4.20. The first-order chi connectivity index (χ1) is 9.31. The van der Waals surface area contributed by atoms with Crippen LogP contribution >= 0.6 is 23.0 Å². The highest BCUT2D eigenvalue weighted by Gasteiger charge is 2.32. The summed E-state index contributed by atoms with van der Waals surface area (Å²) in [6.07, 6.45) is -4.83. The zero-order valence-corrected chi connectivity index (χ0v) is 11.7. The van der Waals surface area contributed by atoms with Crippen molar-refractivity contribution in [3.8, 4) is 11.5 Å². The number of hydrogen-bond donors (Lipinski definition) is 1. The lowest BCUT2D eigenvalue weighted by Gasteiger charge is -2.12. The van der Waals surface area contributed by atoms with E-state index in [2.05, 4.69) is 4.74 Å². The highest BCUT2D eigenvalue weighted by Crippen LogP contribution is 2.35. The largest absolute Gasteiger partial charge is 0.573 e. The van der Waals surface area contributed by atoms with Gasteiger partial charge < -0.3 is 12.9 Å². The Kier molecular flexibility index (Phi) is 3.93. The number of carboxylic acids is 1. The van der Waals surface area contributed by atoms with Gasteiger partial charge >= 0.3 is 12.3 Å². The molecular formula is C12H6F3IO4. The monoisotopic (exact) mass is 398 g/mol. The maximum atomic E-state index is 12.3. The average Bonchev–Trinajstić information content (AvgIpc) is 2.35. The van der Waals surface area contributed by atoms with E-state index >= 15 is 0 Å². The Balaban J connectivity index is 2.66. The van der Waals surface area contributed by atoms with Crippen molar-refractivity contribution in [3.05, 3.63) is 35.9 Å². The summed E-state index contributed by atoms with van der Waals surface area (Å²) in [5.74, 6) is -1.70. The van der Waals surface area contributed by atoms with Crippen molar-refractivity contribution in [2.75, 3.05) is 0 Å². The van der Waals surface area contributed by atoms with Gasteiger partial charge in [0, 0.05) is 5.39 Å². The molecular weight excluding hydrogens is 392 g/mol. The van der Waals surface area contributed by atoms with E-state index in [1.165, 1.54) is 47.3 Å². The Bertz CT molecular complexity index is 670. The molecule has 0 amide bonds. The van der Waals surface area contributed by atoms with E-state index in [1.807, 2.05) is 0 Å². The number of carbonyl (C=O) groups is 1. The second kappa shape index (κ2) is 5.35. The summed E-state index contributed by atoms with van der Waals surface area (Å²) < 4.78 is 45.7. The molecule has 0 radical (unpaired) electrons. The normalized spacial score (nSPS) is 11.4. The summed E-state index contributed by atoms with van der Waals surface area (Å²) in [7, 11) is 0. The summed E-state index contributed by atoms with van der Waals surface area (Å²) in [4.78, 5) is 11.0. The van der Waals surface area contributed by atoms with Crippen LogP contribution in [0.4, 0.5) is 13.2 Å². The predicted molar refractivity (Wildman–Crippen MR) is 72.2 cm³/mol. The maximum Gasteiger partial charge on any atom is 0.573 e. The lowest BCUT2D eigenvalue weighted by atomic mass is 10.1. The van der Waals surface area contributed by atoms with Crippen LogP contribution in [0.25, 0.3) is 10.8 Å². The average molecular weight is 398 g/mol. The highest BCUT2D eigenvalue weighted by atomic mass is 127. The molecule has 0 aliphatic heterocycles. The van der Waals surface area contributed by atoms with Gasteiger partial charge in [0.1, 0.15) is 17.1 Å². The Labute approximate surface area is 124 Å². The van der Waals surface area contributed by atoms with Crippen LogP contribution in [0.15, 0.2) is 30.3 Å². The van der Waals surface area contributed by atoms with Crippen molar-refractivity contribution < 1.29 is 30.9 Å². The number of fused-ring (bicyclic) bond motifs is 1. The topological polar surface area (TPSA) is 55.8 Å². The van der Waals surface area contributed by atoms with Crippen LogP contribution in [0.2, 0.25) is 0 Å². The summed E-state index contributed by atoms with van der Waals surface area (Å²) in [6.45, 7) is 0. The molecule has 0 unspecified atom stereocenters. The number of halogens is 4. The molecule has 0 heterocycles. The smallest absolute Gasteiger partial charge is 0.478 e. The minimum absolute atomic E-state index is 0.0520. The highest BCUT2D eigenvalue weighted by molar-refractivity contribution is 14.1. The van der Waals surface area contributed by atoms with E-state index in [4.69, 9.17) is 8.17 Å². The first-order valence-electron chi connectivity index (χ1n) is 5.16. The van der Waals surface area contributed by atoms with Gasteiger partial charge in [-0.1, -0.05) is 12.1 Å². The van der Waals surface area contributed by atoms with E-state index < -0.39 is 18.1 Å². The molecule has 0 aliphatic rings. The Morgan fingerprint density at radius 3 is 2.45 bits per heavy atom. The second-order valence-electron chi connectivity index (χ2n) is 3.76. The molecule has 0 atom stereocenters. The number of benzene rings is 2. The van der Waals surface area contributed by atoms with Gasteiger partial charge in [0.05, 0.1) is 0 Å². The minimum atomic E-state index is -4.83. The fourth-order valence-electron chi connectivity index (χ4n) is 1.72. The van der Waals surface area contributed by atoms with E-state index in [-0.39, 0.29) is 16.7 Å². The number of alkyl halides is 3. The lowest BCUT2D eigenvalue weighted by molar-refractivity contribution is -0.274. The van der Waals surface area contributed by atoms with Crippen LogP contribution in [0, 0.1) is 0 Å². The molecule has 1 N–H and O–H groups in total. The fraction of sp³-hybridized carbons (Fsp3) is 0.0833. The molecule has 0 aromatic heterocycles. The molecule has 2 aromatic rings. The summed E-state index contributed by atoms with van der Waals surface area (Å²) in [5, 5.41) is 9.44. The first kappa shape index (κ1) is 14.7. The van der Waals surface area contributed by atoms with Crippen LogP contribution in [0.3, 0.4) is 0 Å². The Hall–Kier alpha value is -1.71. The van der Waals surface area contributed by atoms with Gasteiger partial charge in [0.25, 0.3) is 0 Å². The zero-order valence-electron chi connectivity index (χ0n) is 9.57. The molecule has 4 nitrogen and oxygen atoms in total. The first-order valence-corrected chi connectivity index (χ1v) is 6.04. The molecule has 106 valence electrons. The van der Waals surface area contributed by atoms with E-state index in [1.54, 1.807) is 0 Å². The number of hydrogen-bond acceptors (Lipinski definition) is 3. The number of rotatable bonds is 3. The Morgan fingerprint density at radius 1 is 1.20 bits per heavy atom. The molecule has 0 saturated carbocycles. The molecule has 2 rings (SSSR count). The van der Waals surface area contributed by atoms with Crippen LogP contribution < -0.4 is 7.80 Å². The zero-order chi connectivity index (χ0) is 14.9. The lowest BCUT2D eigenvalue weighted by Crippen LogP contribution is -2.17. The van der Waals surface area contributed by atoms with Crippen LogP contribution in [-0.2, 0) is 0 Å². The number of carboxylic acid groups (broad SMARTS) is 1. The third-order valence-electron chi connectivity index (χ3n) is 2.48. The third kappa shape index (κ3) is 3.06. The van der Waals surface area contributed by atoms with Gasteiger partial charge in [-0.3, -0.25) is 0 Å². The summed E-state index contributed by atoms with van der Waals surface area (Å²) in [5.41, 5.74) is -0.143. The molecule has 0 spiro atoms. The van der Waals surface area contributed by atoms with Gasteiger partial charge in [-0.05, 0) is 23.6 Å². The summed E-state index contributed by atoms with van der Waals surface area (Å²) in [6, 6.07) is 6.41. The molecule has 0 saturated heterocycles. The van der Waals surface area contributed by atoms with Crippen molar-refractivity contribution in [1.29, 1.82) is 0 Å². The van der Waals surface area contributed by atoms with Gasteiger partial charge in [0.15, 0.2) is 23.0 Å². The third-order valence-corrected chi connectivity index (χ3v) is 2.95. The van der Waals surface area contributed by atoms with Crippen molar-refractivity contribution in [2.24, 2.45) is 0 Å². The molecule has 2 aromatic carbocycles. The molecule has 0 fully saturated rings. The quantitative estimate of drug-likeness (QED) is 0.789. The predicted octanol–water partition coefficient (Wildman–Crippen LogP) is 4.17. The van der Waals surface area contributed by atoms with Gasteiger partial charge in [-0.25, -0.2) is 4.79 Å². The van der Waals surface area contributed by atoms with Crippen LogP contribution in [0.1, 0.15) is 10.4 Å². The SMILES string of the molecule is O=C(O)c1cc2cccc(OC(F)(F)F)c2cc1OI. The fourth-order valence-corrected chi connectivity index (χ4v) is 2.09. The number of ether oxygens (including phenoxy) is 1. The van der Waals surface area contributed by atoms with Crippen LogP contribution in [-0.4, -0.2) is 17.4 Å². The van der Waals surface area contributed by atoms with E-state index in [9.17, 15) is 18.0 Å². The molecule has 8 heteroatoms. The maximum absolute atomic E-state index is 12.3. The van der Waals surface area contributed by atoms with Crippen LogP contribution in [0.5, 0.6) is 11.5 Å². The standard InChI is InChI=1S/C12H6F3IO4/c13-12(14,15)19-9-3-1-2-6-4-8(11(17)18)10(20-16)5-7(6)9/h1-5H,(H,17,18). The minimum Gasteiger partial charge on any atom is -0.478 e. The number of aromatic carboxylic acids is 1. The van der Waals surface area contributed by atoms with E-state index in [0.717, 1.165) is 6.07 Å². The molecule has 0 bridgehead atoms. The van der Waals surface area contributed by atoms with Gasteiger partial charge in [-0.15, -0.1) is 13.2 Å².